The molecule has 326 valence electrons. The number of fused-ring (bicyclic) bond motifs is 15. The molecule has 0 bridgehead atoms. The minimum atomic E-state index is 0.760. The van der Waals surface area contributed by atoms with Crippen molar-refractivity contribution in [2.24, 2.45) is 0 Å². The van der Waals surface area contributed by atoms with Crippen molar-refractivity contribution in [3.05, 3.63) is 243 Å². The number of nitrogens with zero attached hydrogens (tertiary/aromatic N) is 2. The lowest BCUT2D eigenvalue weighted by atomic mass is 9.99. The minimum absolute atomic E-state index is 0.760. The summed E-state index contributed by atoms with van der Waals surface area (Å²) in [7, 11) is 0. The molecule has 0 aliphatic rings. The maximum Gasteiger partial charge on any atom is 0.178 e. The molecule has 15 rings (SSSR count). The number of hydrogen-bond acceptors (Lipinski definition) is 4. The molecule has 2 aromatic heterocycles. The lowest BCUT2D eigenvalue weighted by Gasteiger charge is -2.27. The van der Waals surface area contributed by atoms with Crippen molar-refractivity contribution in [3.63, 3.8) is 0 Å². The van der Waals surface area contributed by atoms with Crippen molar-refractivity contribution < 1.29 is 8.83 Å². The molecule has 2 heterocycles. The smallest absolute Gasteiger partial charge is 0.178 e. The summed E-state index contributed by atoms with van der Waals surface area (Å²) in [4.78, 5) is 4.76. The topological polar surface area (TPSA) is 32.8 Å². The van der Waals surface area contributed by atoms with Gasteiger partial charge in [0, 0.05) is 55.1 Å². The molecule has 0 radical (unpaired) electrons. The van der Waals surface area contributed by atoms with Gasteiger partial charge in [-0.15, -0.1) is 0 Å². The lowest BCUT2D eigenvalue weighted by molar-refractivity contribution is 0.634. The molecule has 0 N–H and O–H groups in total. The Morgan fingerprint density at radius 3 is 1.10 bits per heavy atom. The largest absolute Gasteiger partial charge is 0.452 e. The van der Waals surface area contributed by atoms with E-state index in [9.17, 15) is 0 Å². The number of hydrogen-bond donors (Lipinski definition) is 0. The van der Waals surface area contributed by atoms with E-state index >= 15 is 0 Å². The zero-order valence-corrected chi connectivity index (χ0v) is 37.8. The number of furan rings is 2. The normalized spacial score (nSPS) is 12.0. The molecule has 13 aromatic carbocycles. The summed E-state index contributed by atoms with van der Waals surface area (Å²) in [6.07, 6.45) is 0. The van der Waals surface area contributed by atoms with Crippen LogP contribution in [0.4, 0.5) is 34.1 Å². The van der Waals surface area contributed by atoms with E-state index in [0.717, 1.165) is 99.5 Å². The standard InChI is InChI=1S/C66H40N2O2/c1-3-17-49(18-4-1)67(59-23-11-15-43-27-25-41-13-7-9-21-53(41)63(43)59)51-31-29-45-37-57-55-33-34-56-58-38-46-30-32-52(36-48(46)40-62(58)70-66(56)65(55)69-61(57)39-47(45)35-51)68(50-19-5-2-6-20-50)60-24-12-16-44-28-26-42-14-8-10-22-54(42)64(44)60/h1-40H. The van der Waals surface area contributed by atoms with Crippen LogP contribution in [0.2, 0.25) is 0 Å². The highest BCUT2D eigenvalue weighted by Crippen LogP contribution is 2.46. The van der Waals surface area contributed by atoms with Gasteiger partial charge in [-0.3, -0.25) is 0 Å². The van der Waals surface area contributed by atoms with Crippen LogP contribution in [0.5, 0.6) is 0 Å². The van der Waals surface area contributed by atoms with Gasteiger partial charge in [-0.25, -0.2) is 0 Å². The average Bonchev–Trinajstić information content (AvgIpc) is 3.97. The minimum Gasteiger partial charge on any atom is -0.452 e. The van der Waals surface area contributed by atoms with Crippen LogP contribution >= 0.6 is 0 Å². The molecule has 0 fully saturated rings. The third-order valence-corrected chi connectivity index (χ3v) is 14.5. The van der Waals surface area contributed by atoms with Crippen molar-refractivity contribution in [3.8, 4) is 0 Å². The van der Waals surface area contributed by atoms with Gasteiger partial charge in [-0.1, -0.05) is 146 Å². The Bertz CT molecular complexity index is 4310. The van der Waals surface area contributed by atoms with Gasteiger partial charge in [0.1, 0.15) is 11.2 Å². The summed E-state index contributed by atoms with van der Waals surface area (Å²) in [5, 5.41) is 18.5. The molecule has 0 atom stereocenters. The van der Waals surface area contributed by atoms with Crippen LogP contribution in [0.15, 0.2) is 251 Å². The van der Waals surface area contributed by atoms with E-state index in [-0.39, 0.29) is 0 Å². The molecular formula is C66H40N2O2. The van der Waals surface area contributed by atoms with E-state index in [0.29, 0.717) is 0 Å². The summed E-state index contributed by atoms with van der Waals surface area (Å²) in [5.74, 6) is 0. The van der Waals surface area contributed by atoms with Gasteiger partial charge in [-0.2, -0.15) is 0 Å². The Morgan fingerprint density at radius 2 is 0.629 bits per heavy atom. The highest BCUT2D eigenvalue weighted by Gasteiger charge is 2.22. The molecule has 0 saturated carbocycles. The van der Waals surface area contributed by atoms with E-state index in [4.69, 9.17) is 8.83 Å². The van der Waals surface area contributed by atoms with E-state index < -0.39 is 0 Å². The summed E-state index contributed by atoms with van der Waals surface area (Å²) < 4.78 is 13.8. The molecular weight excluding hydrogens is 853 g/mol. The van der Waals surface area contributed by atoms with Crippen molar-refractivity contribution in [2.45, 2.75) is 0 Å². The zero-order chi connectivity index (χ0) is 45.9. The zero-order valence-electron chi connectivity index (χ0n) is 37.8. The second kappa shape index (κ2) is 15.1. The molecule has 0 aliphatic carbocycles. The predicted molar refractivity (Wildman–Crippen MR) is 295 cm³/mol. The van der Waals surface area contributed by atoms with Gasteiger partial charge in [-0.05, 0) is 151 Å². The highest BCUT2D eigenvalue weighted by atomic mass is 16.4. The number of rotatable bonds is 6. The molecule has 4 nitrogen and oxygen atoms in total. The molecule has 70 heavy (non-hydrogen) atoms. The molecule has 15 aromatic rings. The van der Waals surface area contributed by atoms with Gasteiger partial charge in [0.15, 0.2) is 11.2 Å². The molecule has 0 amide bonds. The predicted octanol–water partition coefficient (Wildman–Crippen LogP) is 19.3. The van der Waals surface area contributed by atoms with Gasteiger partial charge in [0.25, 0.3) is 0 Å². The van der Waals surface area contributed by atoms with Crippen molar-refractivity contribution in [2.75, 3.05) is 9.80 Å². The van der Waals surface area contributed by atoms with Gasteiger partial charge >= 0.3 is 0 Å². The maximum absolute atomic E-state index is 6.88. The number of benzene rings is 13. The fourth-order valence-corrected chi connectivity index (χ4v) is 11.3. The Labute approximate surface area is 402 Å². The van der Waals surface area contributed by atoms with E-state index in [1.807, 2.05) is 0 Å². The fourth-order valence-electron chi connectivity index (χ4n) is 11.3. The summed E-state index contributed by atoms with van der Waals surface area (Å²) in [5.41, 5.74) is 9.77. The molecule has 4 heteroatoms. The monoisotopic (exact) mass is 892 g/mol. The summed E-state index contributed by atoms with van der Waals surface area (Å²) in [6.45, 7) is 0. The summed E-state index contributed by atoms with van der Waals surface area (Å²) in [6, 6.07) is 87.6. The Balaban J connectivity index is 0.865. The Kier molecular flexibility index (Phi) is 8.33. The Hall–Kier alpha value is -9.38. The van der Waals surface area contributed by atoms with Crippen LogP contribution in [0.1, 0.15) is 0 Å². The van der Waals surface area contributed by atoms with Crippen LogP contribution in [0.25, 0.3) is 109 Å². The fraction of sp³-hybridized carbons (Fsp3) is 0. The van der Waals surface area contributed by atoms with Crippen LogP contribution < -0.4 is 9.80 Å². The van der Waals surface area contributed by atoms with Crippen molar-refractivity contribution in [1.29, 1.82) is 0 Å². The maximum atomic E-state index is 6.88. The first-order valence-electron chi connectivity index (χ1n) is 23.9. The number of para-hydroxylation sites is 2. The second-order valence-corrected chi connectivity index (χ2v) is 18.4. The highest BCUT2D eigenvalue weighted by molar-refractivity contribution is 6.22. The SMILES string of the molecule is c1ccc(N(c2ccc3cc4c(cc3c2)oc2c4ccc3c4cc5ccc(N(c6ccccc6)c6cccc7ccc8ccccc8c67)cc5cc4oc32)c2cccc3ccc4ccccc4c23)cc1. The first-order chi connectivity index (χ1) is 34.7. The van der Waals surface area contributed by atoms with E-state index in [1.54, 1.807) is 0 Å². The van der Waals surface area contributed by atoms with Crippen LogP contribution in [0.3, 0.4) is 0 Å². The van der Waals surface area contributed by atoms with Gasteiger partial charge < -0.3 is 18.6 Å². The summed E-state index contributed by atoms with van der Waals surface area (Å²) >= 11 is 0. The first-order valence-corrected chi connectivity index (χ1v) is 23.9. The molecule has 0 aliphatic heterocycles. The van der Waals surface area contributed by atoms with Crippen molar-refractivity contribution >= 4 is 143 Å². The van der Waals surface area contributed by atoms with Crippen LogP contribution in [-0.4, -0.2) is 0 Å². The Morgan fingerprint density at radius 1 is 0.229 bits per heavy atom. The van der Waals surface area contributed by atoms with E-state index in [1.165, 1.54) is 43.1 Å². The third kappa shape index (κ3) is 5.90. The van der Waals surface area contributed by atoms with Crippen LogP contribution in [-0.2, 0) is 0 Å². The van der Waals surface area contributed by atoms with Gasteiger partial charge in [0.05, 0.1) is 11.4 Å². The van der Waals surface area contributed by atoms with E-state index in [2.05, 4.69) is 252 Å². The molecule has 0 spiro atoms. The quantitative estimate of drug-likeness (QED) is 0.156. The molecule has 0 unspecified atom stereocenters. The number of anilines is 6. The van der Waals surface area contributed by atoms with Gasteiger partial charge in [0.2, 0.25) is 0 Å². The molecule has 0 saturated heterocycles. The van der Waals surface area contributed by atoms with Crippen LogP contribution in [0, 0.1) is 0 Å². The first kappa shape index (κ1) is 38.7. The third-order valence-electron chi connectivity index (χ3n) is 14.5. The second-order valence-electron chi connectivity index (χ2n) is 18.4. The lowest BCUT2D eigenvalue weighted by Crippen LogP contribution is -2.10. The average molecular weight is 893 g/mol. The van der Waals surface area contributed by atoms with Crippen molar-refractivity contribution in [1.82, 2.24) is 0 Å².